The van der Waals surface area contributed by atoms with Gasteiger partial charge in [-0.25, -0.2) is 0 Å². The second-order valence-electron chi connectivity index (χ2n) is 7.81. The summed E-state index contributed by atoms with van der Waals surface area (Å²) in [7, 11) is 0. The molecule has 116 valence electrons. The zero-order valence-electron chi connectivity index (χ0n) is 13.4. The third-order valence-corrected chi connectivity index (χ3v) is 6.38. The van der Waals surface area contributed by atoms with Crippen LogP contribution in [0.25, 0.3) is 0 Å². The van der Waals surface area contributed by atoms with Gasteiger partial charge >= 0.3 is 0 Å². The van der Waals surface area contributed by atoms with Gasteiger partial charge in [0.25, 0.3) is 0 Å². The Bertz CT molecular complexity index is 261. The van der Waals surface area contributed by atoms with Gasteiger partial charge in [-0.05, 0) is 37.5 Å². The Morgan fingerprint density at radius 1 is 0.500 bits per heavy atom. The Morgan fingerprint density at radius 2 is 1.05 bits per heavy atom. The van der Waals surface area contributed by atoms with Gasteiger partial charge in [0, 0.05) is 12.1 Å². The van der Waals surface area contributed by atoms with Gasteiger partial charge in [-0.2, -0.15) is 0 Å². The van der Waals surface area contributed by atoms with Crippen LogP contribution < -0.4 is 5.32 Å². The molecule has 20 heavy (non-hydrogen) atoms. The third kappa shape index (κ3) is 4.00. The summed E-state index contributed by atoms with van der Waals surface area (Å²) in [4.78, 5) is 0. The average Bonchev–Trinajstić information content (AvgIpc) is 2.77. The second kappa shape index (κ2) is 7.82. The van der Waals surface area contributed by atoms with E-state index in [0.29, 0.717) is 0 Å². The molecule has 3 aliphatic carbocycles. The van der Waals surface area contributed by atoms with Crippen LogP contribution in [-0.4, -0.2) is 12.1 Å². The lowest BCUT2D eigenvalue weighted by molar-refractivity contribution is 0.139. The molecule has 3 saturated carbocycles. The number of nitrogens with one attached hydrogen (secondary N) is 1. The maximum atomic E-state index is 4.15. The Labute approximate surface area is 126 Å². The maximum absolute atomic E-state index is 4.15. The molecule has 0 aromatic rings. The summed E-state index contributed by atoms with van der Waals surface area (Å²) in [5, 5.41) is 4.15. The van der Waals surface area contributed by atoms with Crippen LogP contribution in [-0.2, 0) is 0 Å². The predicted molar refractivity (Wildman–Crippen MR) is 86.9 cm³/mol. The summed E-state index contributed by atoms with van der Waals surface area (Å²) in [6, 6.07) is 1.72. The van der Waals surface area contributed by atoms with E-state index in [4.69, 9.17) is 0 Å². The molecule has 3 rings (SSSR count). The highest BCUT2D eigenvalue weighted by atomic mass is 15.0. The first-order valence-electron chi connectivity index (χ1n) is 9.69. The van der Waals surface area contributed by atoms with Crippen molar-refractivity contribution in [3.63, 3.8) is 0 Å². The molecular formula is C19H35N. The highest BCUT2D eigenvalue weighted by molar-refractivity contribution is 4.89. The first kappa shape index (κ1) is 14.9. The molecule has 2 atom stereocenters. The quantitative estimate of drug-likeness (QED) is 0.677. The molecule has 1 nitrogen and oxygen atoms in total. The summed E-state index contributed by atoms with van der Waals surface area (Å²) < 4.78 is 0. The van der Waals surface area contributed by atoms with E-state index in [1.54, 1.807) is 0 Å². The molecule has 0 radical (unpaired) electrons. The van der Waals surface area contributed by atoms with Crippen LogP contribution in [0.1, 0.15) is 96.3 Å². The Morgan fingerprint density at radius 3 is 1.80 bits per heavy atom. The lowest BCUT2D eigenvalue weighted by Gasteiger charge is -2.41. The summed E-state index contributed by atoms with van der Waals surface area (Å²) in [6.45, 7) is 0. The molecule has 0 aromatic heterocycles. The van der Waals surface area contributed by atoms with Crippen molar-refractivity contribution in [3.8, 4) is 0 Å². The molecule has 0 saturated heterocycles. The molecule has 0 amide bonds. The van der Waals surface area contributed by atoms with Crippen LogP contribution in [0.2, 0.25) is 0 Å². The van der Waals surface area contributed by atoms with E-state index in [9.17, 15) is 0 Å². The fourth-order valence-corrected chi connectivity index (χ4v) is 5.24. The summed E-state index contributed by atoms with van der Waals surface area (Å²) in [5.74, 6) is 2.08. The van der Waals surface area contributed by atoms with Gasteiger partial charge in [0.05, 0.1) is 0 Å². The van der Waals surface area contributed by atoms with Gasteiger partial charge in [0.2, 0.25) is 0 Å². The fourth-order valence-electron chi connectivity index (χ4n) is 5.24. The molecule has 0 bridgehead atoms. The minimum absolute atomic E-state index is 0.853. The second-order valence-corrected chi connectivity index (χ2v) is 7.81. The Hall–Kier alpha value is -0.0400. The molecule has 0 aromatic carbocycles. The van der Waals surface area contributed by atoms with Gasteiger partial charge in [-0.3, -0.25) is 0 Å². The summed E-state index contributed by atoms with van der Waals surface area (Å²) in [6.07, 6.45) is 22.4. The van der Waals surface area contributed by atoms with E-state index < -0.39 is 0 Å². The lowest BCUT2D eigenvalue weighted by Crippen LogP contribution is -2.46. The largest absolute Gasteiger partial charge is 0.311 e. The normalized spacial score (nSPS) is 34.8. The van der Waals surface area contributed by atoms with Crippen molar-refractivity contribution in [2.75, 3.05) is 0 Å². The molecular weight excluding hydrogens is 242 g/mol. The van der Waals surface area contributed by atoms with Crippen LogP contribution >= 0.6 is 0 Å². The van der Waals surface area contributed by atoms with Crippen LogP contribution in [0.3, 0.4) is 0 Å². The van der Waals surface area contributed by atoms with Gasteiger partial charge in [-0.1, -0.05) is 70.6 Å². The van der Waals surface area contributed by atoms with Gasteiger partial charge in [0.15, 0.2) is 0 Å². The smallest absolute Gasteiger partial charge is 0.0101 e. The minimum atomic E-state index is 0.853. The zero-order chi connectivity index (χ0) is 13.6. The van der Waals surface area contributed by atoms with Crippen molar-refractivity contribution >= 4 is 0 Å². The van der Waals surface area contributed by atoms with Crippen molar-refractivity contribution in [2.24, 2.45) is 11.8 Å². The minimum Gasteiger partial charge on any atom is -0.311 e. The van der Waals surface area contributed by atoms with E-state index >= 15 is 0 Å². The number of hydrogen-bond donors (Lipinski definition) is 1. The average molecular weight is 277 g/mol. The monoisotopic (exact) mass is 277 g/mol. The van der Waals surface area contributed by atoms with E-state index in [1.807, 2.05) is 0 Å². The Balaban J connectivity index is 1.56. The standard InChI is InChI=1S/C19H35N/c1-2-7-13-17(12-6-1)20-19-15-9-8-14-18(19)16-10-4-3-5-11-16/h16-20H,1-15H2. The van der Waals surface area contributed by atoms with E-state index in [-0.39, 0.29) is 0 Å². The highest BCUT2D eigenvalue weighted by Gasteiger charge is 2.33. The van der Waals surface area contributed by atoms with Gasteiger partial charge < -0.3 is 5.32 Å². The molecule has 1 heteroatoms. The molecule has 0 aliphatic heterocycles. The highest BCUT2D eigenvalue weighted by Crippen LogP contribution is 2.39. The summed E-state index contributed by atoms with van der Waals surface area (Å²) >= 11 is 0. The molecule has 3 aliphatic rings. The molecule has 0 heterocycles. The van der Waals surface area contributed by atoms with Crippen molar-refractivity contribution in [1.82, 2.24) is 5.32 Å². The van der Waals surface area contributed by atoms with E-state index in [2.05, 4.69) is 5.32 Å². The van der Waals surface area contributed by atoms with Crippen LogP contribution in [0, 0.1) is 11.8 Å². The van der Waals surface area contributed by atoms with E-state index in [0.717, 1.165) is 23.9 Å². The molecule has 1 N–H and O–H groups in total. The number of hydrogen-bond acceptors (Lipinski definition) is 1. The first-order chi connectivity index (χ1) is 9.93. The summed E-state index contributed by atoms with van der Waals surface area (Å²) in [5.41, 5.74) is 0. The van der Waals surface area contributed by atoms with Crippen molar-refractivity contribution in [3.05, 3.63) is 0 Å². The fraction of sp³-hybridized carbons (Fsp3) is 1.00. The number of rotatable bonds is 3. The zero-order valence-corrected chi connectivity index (χ0v) is 13.4. The molecule has 2 unspecified atom stereocenters. The van der Waals surface area contributed by atoms with Crippen LogP contribution in [0.15, 0.2) is 0 Å². The molecule has 0 spiro atoms. The molecule has 3 fully saturated rings. The van der Waals surface area contributed by atoms with Crippen molar-refractivity contribution < 1.29 is 0 Å². The predicted octanol–water partition coefficient (Wildman–Crippen LogP) is 5.44. The van der Waals surface area contributed by atoms with Gasteiger partial charge in [0.1, 0.15) is 0 Å². The van der Waals surface area contributed by atoms with Crippen LogP contribution in [0.4, 0.5) is 0 Å². The van der Waals surface area contributed by atoms with Crippen molar-refractivity contribution in [1.29, 1.82) is 0 Å². The van der Waals surface area contributed by atoms with E-state index in [1.165, 1.54) is 96.3 Å². The SMILES string of the molecule is C1CCCC(NC2CCCCC2C2CCCCC2)CC1. The van der Waals surface area contributed by atoms with Crippen molar-refractivity contribution in [2.45, 2.75) is 108 Å². The lowest BCUT2D eigenvalue weighted by atomic mass is 9.70. The Kier molecular flexibility index (Phi) is 5.82. The van der Waals surface area contributed by atoms with Crippen LogP contribution in [0.5, 0.6) is 0 Å². The maximum Gasteiger partial charge on any atom is 0.0101 e. The third-order valence-electron chi connectivity index (χ3n) is 6.38. The first-order valence-corrected chi connectivity index (χ1v) is 9.69. The topological polar surface area (TPSA) is 12.0 Å². The van der Waals surface area contributed by atoms with Gasteiger partial charge in [-0.15, -0.1) is 0 Å².